The fourth-order valence-corrected chi connectivity index (χ4v) is 2.08. The van der Waals surface area contributed by atoms with E-state index in [0.717, 1.165) is 0 Å². The largest absolute Gasteiger partial charge is 0.342 e. The first-order chi connectivity index (χ1) is 9.11. The first-order valence-electron chi connectivity index (χ1n) is 5.10. The first-order valence-corrected chi connectivity index (χ1v) is 5.98. The third-order valence-electron chi connectivity index (χ3n) is 2.20. The molecule has 98 valence electrons. The standard InChI is InChI=1S/C10H8N4O4S/c15-4-5(6-2-1-3-19-6)11-8(16)7-9(17)12-10(18)14-13-7/h1-5H,(H,11,16)(H2,12,14,17,18). The first kappa shape index (κ1) is 12.9. The molecule has 0 saturated carbocycles. The van der Waals surface area contributed by atoms with E-state index in [1.54, 1.807) is 17.5 Å². The smallest absolute Gasteiger partial charge is 0.336 e. The number of aldehydes is 1. The molecule has 0 saturated heterocycles. The van der Waals surface area contributed by atoms with Gasteiger partial charge in [0.05, 0.1) is 0 Å². The molecule has 9 heteroatoms. The molecule has 8 nitrogen and oxygen atoms in total. The lowest BCUT2D eigenvalue weighted by atomic mass is 10.2. The normalized spacial score (nSPS) is 11.8. The molecule has 0 radical (unpaired) electrons. The number of hydrogen-bond donors (Lipinski definition) is 3. The van der Waals surface area contributed by atoms with E-state index < -0.39 is 28.9 Å². The van der Waals surface area contributed by atoms with Gasteiger partial charge in [-0.1, -0.05) is 6.07 Å². The fourth-order valence-electron chi connectivity index (χ4n) is 1.35. The Labute approximate surface area is 109 Å². The van der Waals surface area contributed by atoms with Crippen LogP contribution in [0.4, 0.5) is 0 Å². The molecule has 1 amide bonds. The van der Waals surface area contributed by atoms with Gasteiger partial charge in [-0.25, -0.2) is 9.89 Å². The summed E-state index contributed by atoms with van der Waals surface area (Å²) in [5.74, 6) is -0.844. The molecule has 0 fully saturated rings. The average molecular weight is 280 g/mol. The van der Waals surface area contributed by atoms with Crippen molar-refractivity contribution in [2.75, 3.05) is 0 Å². The van der Waals surface area contributed by atoms with Crippen molar-refractivity contribution >= 4 is 23.5 Å². The van der Waals surface area contributed by atoms with E-state index in [9.17, 15) is 19.2 Å². The Morgan fingerprint density at radius 1 is 1.47 bits per heavy atom. The van der Waals surface area contributed by atoms with Gasteiger partial charge in [0.1, 0.15) is 12.3 Å². The Bertz CT molecular complexity index is 703. The number of rotatable bonds is 4. The van der Waals surface area contributed by atoms with Crippen LogP contribution in [-0.4, -0.2) is 27.4 Å². The van der Waals surface area contributed by atoms with Crippen LogP contribution >= 0.6 is 11.3 Å². The summed E-state index contributed by atoms with van der Waals surface area (Å²) in [6.07, 6.45) is 0.545. The molecule has 2 heterocycles. The van der Waals surface area contributed by atoms with Crippen LogP contribution in [0.5, 0.6) is 0 Å². The Morgan fingerprint density at radius 2 is 2.26 bits per heavy atom. The van der Waals surface area contributed by atoms with Gasteiger partial charge in [-0.3, -0.25) is 14.6 Å². The van der Waals surface area contributed by atoms with Gasteiger partial charge in [0.15, 0.2) is 0 Å². The molecule has 0 aromatic carbocycles. The van der Waals surface area contributed by atoms with Crippen molar-refractivity contribution in [3.63, 3.8) is 0 Å². The summed E-state index contributed by atoms with van der Waals surface area (Å²) >= 11 is 1.29. The highest BCUT2D eigenvalue weighted by Gasteiger charge is 2.19. The molecule has 1 unspecified atom stereocenters. The van der Waals surface area contributed by atoms with Crippen LogP contribution in [0, 0.1) is 0 Å². The Hall–Kier alpha value is -2.55. The van der Waals surface area contributed by atoms with Gasteiger partial charge in [-0.15, -0.1) is 11.3 Å². The van der Waals surface area contributed by atoms with Gasteiger partial charge in [0, 0.05) is 4.88 Å². The number of aromatic nitrogens is 3. The lowest BCUT2D eigenvalue weighted by molar-refractivity contribution is -0.109. The molecule has 2 aromatic rings. The molecule has 0 bridgehead atoms. The predicted molar refractivity (Wildman–Crippen MR) is 66.1 cm³/mol. The number of hydrogen-bond acceptors (Lipinski definition) is 6. The van der Waals surface area contributed by atoms with E-state index in [0.29, 0.717) is 11.2 Å². The van der Waals surface area contributed by atoms with E-state index in [1.165, 1.54) is 11.3 Å². The van der Waals surface area contributed by atoms with E-state index in [-0.39, 0.29) is 0 Å². The van der Waals surface area contributed by atoms with E-state index in [2.05, 4.69) is 10.4 Å². The number of thiophene rings is 1. The van der Waals surface area contributed by atoms with Gasteiger partial charge >= 0.3 is 5.69 Å². The lowest BCUT2D eigenvalue weighted by Gasteiger charge is -2.09. The molecule has 0 aliphatic carbocycles. The predicted octanol–water partition coefficient (Wildman–Crippen LogP) is -0.810. The number of carbonyl (C=O) groups is 2. The maximum Gasteiger partial charge on any atom is 0.342 e. The molecule has 1 atom stereocenters. The zero-order valence-electron chi connectivity index (χ0n) is 9.38. The Morgan fingerprint density at radius 3 is 2.84 bits per heavy atom. The minimum Gasteiger partial charge on any atom is -0.336 e. The van der Waals surface area contributed by atoms with Crippen molar-refractivity contribution in [2.45, 2.75) is 6.04 Å². The van der Waals surface area contributed by atoms with Gasteiger partial charge in [0.2, 0.25) is 5.69 Å². The van der Waals surface area contributed by atoms with Crippen LogP contribution in [0.25, 0.3) is 0 Å². The third-order valence-corrected chi connectivity index (χ3v) is 3.15. The second-order valence-corrected chi connectivity index (χ2v) is 4.44. The van der Waals surface area contributed by atoms with Crippen LogP contribution < -0.4 is 16.6 Å². The number of nitrogens with one attached hydrogen (secondary N) is 3. The van der Waals surface area contributed by atoms with Crippen molar-refractivity contribution in [1.29, 1.82) is 0 Å². The second-order valence-electron chi connectivity index (χ2n) is 3.46. The summed E-state index contributed by atoms with van der Waals surface area (Å²) in [5.41, 5.74) is -2.24. The van der Waals surface area contributed by atoms with Crippen LogP contribution in [0.1, 0.15) is 21.4 Å². The molecule has 2 aromatic heterocycles. The Kier molecular flexibility index (Phi) is 3.66. The molecule has 3 N–H and O–H groups in total. The summed E-state index contributed by atoms with van der Waals surface area (Å²) in [5, 5.41) is 9.38. The Balaban J connectivity index is 2.23. The SMILES string of the molecule is O=CC(NC(=O)c1n[nH]c(=O)[nH]c1=O)c1cccs1. The fraction of sp³-hybridized carbons (Fsp3) is 0.100. The summed E-state index contributed by atoms with van der Waals surface area (Å²) in [7, 11) is 0. The van der Waals surface area contributed by atoms with E-state index in [1.807, 2.05) is 10.1 Å². The molecular formula is C10H8N4O4S. The average Bonchev–Trinajstić information content (AvgIpc) is 2.89. The highest BCUT2D eigenvalue weighted by molar-refractivity contribution is 7.10. The number of carbonyl (C=O) groups excluding carboxylic acids is 2. The van der Waals surface area contributed by atoms with Crippen molar-refractivity contribution in [1.82, 2.24) is 20.5 Å². The maximum absolute atomic E-state index is 11.8. The van der Waals surface area contributed by atoms with E-state index in [4.69, 9.17) is 0 Å². The molecule has 0 spiro atoms. The highest BCUT2D eigenvalue weighted by atomic mass is 32.1. The van der Waals surface area contributed by atoms with Gasteiger partial charge in [-0.05, 0) is 11.4 Å². The van der Waals surface area contributed by atoms with Crippen molar-refractivity contribution in [2.24, 2.45) is 0 Å². The third kappa shape index (κ3) is 2.83. The van der Waals surface area contributed by atoms with Crippen molar-refractivity contribution in [3.8, 4) is 0 Å². The molecule has 19 heavy (non-hydrogen) atoms. The van der Waals surface area contributed by atoms with Gasteiger partial charge in [0.25, 0.3) is 11.5 Å². The minimum absolute atomic E-state index is 0.511. The summed E-state index contributed by atoms with van der Waals surface area (Å²) in [6, 6.07) is 2.54. The molecule has 0 aliphatic rings. The maximum atomic E-state index is 11.8. The van der Waals surface area contributed by atoms with Gasteiger partial charge in [-0.2, -0.15) is 5.10 Å². The number of amides is 1. The molecule has 0 aliphatic heterocycles. The zero-order valence-corrected chi connectivity index (χ0v) is 10.2. The van der Waals surface area contributed by atoms with Crippen molar-refractivity contribution in [3.05, 3.63) is 48.9 Å². The summed E-state index contributed by atoms with van der Waals surface area (Å²) in [4.78, 5) is 47.3. The molecular weight excluding hydrogens is 272 g/mol. The quantitative estimate of drug-likeness (QED) is 0.632. The van der Waals surface area contributed by atoms with Crippen LogP contribution in [0.2, 0.25) is 0 Å². The van der Waals surface area contributed by atoms with Gasteiger partial charge < -0.3 is 10.1 Å². The minimum atomic E-state index is -0.919. The monoisotopic (exact) mass is 280 g/mol. The van der Waals surface area contributed by atoms with E-state index >= 15 is 0 Å². The topological polar surface area (TPSA) is 125 Å². The zero-order chi connectivity index (χ0) is 13.8. The van der Waals surface area contributed by atoms with Crippen LogP contribution in [-0.2, 0) is 4.79 Å². The summed E-state index contributed by atoms with van der Waals surface area (Å²) in [6.45, 7) is 0. The van der Waals surface area contributed by atoms with Crippen LogP contribution in [0.15, 0.2) is 27.1 Å². The van der Waals surface area contributed by atoms with Crippen molar-refractivity contribution < 1.29 is 9.59 Å². The highest BCUT2D eigenvalue weighted by Crippen LogP contribution is 2.16. The number of H-pyrrole nitrogens is 2. The lowest BCUT2D eigenvalue weighted by Crippen LogP contribution is -2.37. The molecule has 2 rings (SSSR count). The number of nitrogens with zero attached hydrogens (tertiary/aromatic N) is 1. The summed E-state index contributed by atoms with van der Waals surface area (Å²) < 4.78 is 0. The van der Waals surface area contributed by atoms with Crippen LogP contribution in [0.3, 0.4) is 0 Å². The number of aromatic amines is 2. The second kappa shape index (κ2) is 5.40.